The van der Waals surface area contributed by atoms with Crippen LogP contribution in [-0.4, -0.2) is 43.4 Å². The van der Waals surface area contributed by atoms with Crippen molar-refractivity contribution in [2.45, 2.75) is 19.9 Å². The molecule has 0 saturated carbocycles. The molecule has 7 heteroatoms. The summed E-state index contributed by atoms with van der Waals surface area (Å²) in [6.45, 7) is 4.68. The van der Waals surface area contributed by atoms with Crippen LogP contribution in [-0.2, 0) is 17.8 Å². The second kappa shape index (κ2) is 6.23. The first-order valence-corrected chi connectivity index (χ1v) is 7.43. The second-order valence-corrected chi connectivity index (χ2v) is 5.94. The molecule has 1 aromatic heterocycles. The highest BCUT2D eigenvalue weighted by Gasteiger charge is 2.26. The van der Waals surface area contributed by atoms with Crippen LogP contribution in [0, 0.1) is 0 Å². The fraction of sp³-hybridized carbons (Fsp3) is 0.538. The summed E-state index contributed by atoms with van der Waals surface area (Å²) in [6, 6.07) is 0. The molecule has 0 aliphatic carbocycles. The molecular weight excluding hydrogens is 276 g/mol. The third-order valence-electron chi connectivity index (χ3n) is 3.41. The van der Waals surface area contributed by atoms with Gasteiger partial charge in [-0.05, 0) is 12.0 Å². The molecule has 2 amide bonds. The topological polar surface area (TPSA) is 87.5 Å². The molecule has 0 aromatic carbocycles. The molecule has 1 aliphatic heterocycles. The maximum absolute atomic E-state index is 11.6. The standard InChI is InChI=1S/C13H20N4O2S/c1-8(18)16-4-6-17-5-3-9-10(7-17)20-13(15-2)11(9)12(14)19/h15H,3-7H2,1-2H3,(H2,14,19)(H,16,18). The first-order valence-electron chi connectivity index (χ1n) is 6.61. The number of nitrogens with two attached hydrogens (primary N) is 1. The average Bonchev–Trinajstić information content (AvgIpc) is 2.76. The van der Waals surface area contributed by atoms with Crippen molar-refractivity contribution in [2.24, 2.45) is 5.73 Å². The average molecular weight is 296 g/mol. The lowest BCUT2D eigenvalue weighted by Crippen LogP contribution is -2.37. The van der Waals surface area contributed by atoms with Crippen LogP contribution in [0.1, 0.15) is 27.7 Å². The Morgan fingerprint density at radius 3 is 2.80 bits per heavy atom. The summed E-state index contributed by atoms with van der Waals surface area (Å²) >= 11 is 1.59. The van der Waals surface area contributed by atoms with Gasteiger partial charge in [0.25, 0.3) is 5.91 Å². The predicted octanol–water partition coefficient (Wildman–Crippen LogP) is 0.383. The molecule has 0 spiro atoms. The van der Waals surface area contributed by atoms with Gasteiger partial charge in [-0.25, -0.2) is 0 Å². The number of hydrogen-bond donors (Lipinski definition) is 3. The van der Waals surface area contributed by atoms with E-state index < -0.39 is 0 Å². The van der Waals surface area contributed by atoms with Gasteiger partial charge in [-0.1, -0.05) is 0 Å². The number of anilines is 1. The van der Waals surface area contributed by atoms with E-state index in [2.05, 4.69) is 15.5 Å². The number of nitrogens with zero attached hydrogens (tertiary/aromatic N) is 1. The number of carbonyl (C=O) groups is 2. The van der Waals surface area contributed by atoms with Crippen LogP contribution in [0.2, 0.25) is 0 Å². The van der Waals surface area contributed by atoms with E-state index in [4.69, 9.17) is 5.73 Å². The van der Waals surface area contributed by atoms with E-state index >= 15 is 0 Å². The van der Waals surface area contributed by atoms with Crippen molar-refractivity contribution in [1.82, 2.24) is 10.2 Å². The Bertz CT molecular complexity index is 527. The number of fused-ring (bicyclic) bond motifs is 1. The molecular formula is C13H20N4O2S. The van der Waals surface area contributed by atoms with Gasteiger partial charge in [0.1, 0.15) is 5.00 Å². The van der Waals surface area contributed by atoms with Gasteiger partial charge in [0.2, 0.25) is 5.91 Å². The van der Waals surface area contributed by atoms with Gasteiger partial charge in [-0.3, -0.25) is 14.5 Å². The van der Waals surface area contributed by atoms with Crippen molar-refractivity contribution in [2.75, 3.05) is 32.0 Å². The number of amides is 2. The number of hydrogen-bond acceptors (Lipinski definition) is 5. The zero-order chi connectivity index (χ0) is 14.7. The van der Waals surface area contributed by atoms with Gasteiger partial charge in [-0.2, -0.15) is 0 Å². The Kier molecular flexibility index (Phi) is 4.61. The minimum atomic E-state index is -0.362. The highest BCUT2D eigenvalue weighted by Crippen LogP contribution is 2.36. The van der Waals surface area contributed by atoms with Gasteiger partial charge in [0.05, 0.1) is 5.56 Å². The summed E-state index contributed by atoms with van der Waals surface area (Å²) in [6.07, 6.45) is 0.825. The summed E-state index contributed by atoms with van der Waals surface area (Å²) in [4.78, 5) is 25.9. The van der Waals surface area contributed by atoms with Crippen molar-refractivity contribution in [1.29, 1.82) is 0 Å². The molecule has 2 rings (SSSR count). The second-order valence-electron chi connectivity index (χ2n) is 4.83. The van der Waals surface area contributed by atoms with Crippen LogP contribution in [0.5, 0.6) is 0 Å². The number of nitrogens with one attached hydrogen (secondary N) is 2. The highest BCUT2D eigenvalue weighted by atomic mass is 32.1. The van der Waals surface area contributed by atoms with Crippen LogP contribution in [0.25, 0.3) is 0 Å². The van der Waals surface area contributed by atoms with E-state index in [-0.39, 0.29) is 11.8 Å². The Balaban J connectivity index is 2.07. The molecule has 2 heterocycles. The molecule has 1 aliphatic rings. The normalized spacial score (nSPS) is 14.7. The Labute approximate surface area is 122 Å². The molecule has 0 atom stereocenters. The van der Waals surface area contributed by atoms with Crippen LogP contribution in [0.4, 0.5) is 5.00 Å². The van der Waals surface area contributed by atoms with Gasteiger partial charge in [0, 0.05) is 45.0 Å². The smallest absolute Gasteiger partial charge is 0.251 e. The highest BCUT2D eigenvalue weighted by molar-refractivity contribution is 7.16. The first kappa shape index (κ1) is 14.8. The first-order chi connectivity index (χ1) is 9.52. The Hall–Kier alpha value is -1.60. The maximum atomic E-state index is 11.6. The van der Waals surface area contributed by atoms with Gasteiger partial charge >= 0.3 is 0 Å². The zero-order valence-electron chi connectivity index (χ0n) is 11.8. The van der Waals surface area contributed by atoms with E-state index in [1.54, 1.807) is 18.4 Å². The number of rotatable bonds is 5. The minimum absolute atomic E-state index is 0.00712. The van der Waals surface area contributed by atoms with Crippen molar-refractivity contribution in [3.05, 3.63) is 16.0 Å². The molecule has 0 bridgehead atoms. The molecule has 1 aromatic rings. The van der Waals surface area contributed by atoms with Gasteiger partial charge in [0.15, 0.2) is 0 Å². The van der Waals surface area contributed by atoms with E-state index in [0.29, 0.717) is 12.1 Å². The largest absolute Gasteiger partial charge is 0.379 e. The monoisotopic (exact) mass is 296 g/mol. The predicted molar refractivity (Wildman–Crippen MR) is 80.0 cm³/mol. The van der Waals surface area contributed by atoms with Crippen molar-refractivity contribution in [3.63, 3.8) is 0 Å². The van der Waals surface area contributed by atoms with Gasteiger partial charge in [-0.15, -0.1) is 11.3 Å². The van der Waals surface area contributed by atoms with E-state index in [0.717, 1.165) is 36.6 Å². The van der Waals surface area contributed by atoms with Crippen LogP contribution in [0.15, 0.2) is 0 Å². The quantitative estimate of drug-likeness (QED) is 0.733. The number of carbonyl (C=O) groups excluding carboxylic acids is 2. The molecule has 0 saturated heterocycles. The SMILES string of the molecule is CNc1sc2c(c1C(N)=O)CCN(CCNC(C)=O)C2. The van der Waals surface area contributed by atoms with E-state index in [1.807, 2.05) is 0 Å². The van der Waals surface area contributed by atoms with Crippen LogP contribution in [0.3, 0.4) is 0 Å². The lowest BCUT2D eigenvalue weighted by Gasteiger charge is -2.26. The molecule has 0 fully saturated rings. The third-order valence-corrected chi connectivity index (χ3v) is 4.65. The fourth-order valence-corrected chi connectivity index (χ4v) is 3.72. The summed E-state index contributed by atoms with van der Waals surface area (Å²) in [5, 5.41) is 6.70. The molecule has 110 valence electrons. The van der Waals surface area contributed by atoms with E-state index in [1.165, 1.54) is 11.8 Å². The summed E-state index contributed by atoms with van der Waals surface area (Å²) in [5.41, 5.74) is 7.21. The van der Waals surface area contributed by atoms with Crippen LogP contribution < -0.4 is 16.4 Å². The van der Waals surface area contributed by atoms with Crippen molar-refractivity contribution in [3.8, 4) is 0 Å². The molecule has 4 N–H and O–H groups in total. The van der Waals surface area contributed by atoms with Crippen LogP contribution >= 0.6 is 11.3 Å². The summed E-state index contributed by atoms with van der Waals surface area (Å²) in [5.74, 6) is -0.370. The Morgan fingerprint density at radius 1 is 1.45 bits per heavy atom. The molecule has 0 radical (unpaired) electrons. The molecule has 20 heavy (non-hydrogen) atoms. The Morgan fingerprint density at radius 2 is 2.20 bits per heavy atom. The van der Waals surface area contributed by atoms with Crippen molar-refractivity contribution < 1.29 is 9.59 Å². The lowest BCUT2D eigenvalue weighted by molar-refractivity contribution is -0.119. The van der Waals surface area contributed by atoms with E-state index in [9.17, 15) is 9.59 Å². The fourth-order valence-electron chi connectivity index (χ4n) is 2.47. The third kappa shape index (κ3) is 3.10. The molecule has 6 nitrogen and oxygen atoms in total. The van der Waals surface area contributed by atoms with Gasteiger partial charge < -0.3 is 16.4 Å². The molecule has 0 unspecified atom stereocenters. The number of primary amides is 1. The maximum Gasteiger partial charge on any atom is 0.251 e. The minimum Gasteiger partial charge on any atom is -0.379 e. The number of thiophene rings is 1. The zero-order valence-corrected chi connectivity index (χ0v) is 12.6. The summed E-state index contributed by atoms with van der Waals surface area (Å²) in [7, 11) is 1.80. The van der Waals surface area contributed by atoms with Crippen molar-refractivity contribution >= 4 is 28.2 Å². The lowest BCUT2D eigenvalue weighted by atomic mass is 10.0. The summed E-state index contributed by atoms with van der Waals surface area (Å²) < 4.78 is 0.